The summed E-state index contributed by atoms with van der Waals surface area (Å²) < 4.78 is 0. The summed E-state index contributed by atoms with van der Waals surface area (Å²) in [4.78, 5) is 8.33. The molecule has 0 amide bonds. The van der Waals surface area contributed by atoms with Crippen molar-refractivity contribution in [2.45, 2.75) is 0 Å². The molecular formula is C3H15BN6O6. The maximum Gasteiger partial charge on any atom is 0.631 e. The first-order valence-corrected chi connectivity index (χ1v) is 3.12. The van der Waals surface area contributed by atoms with Gasteiger partial charge in [0.1, 0.15) is 0 Å². The van der Waals surface area contributed by atoms with Crippen LogP contribution in [0.5, 0.6) is 0 Å². The average Bonchev–Trinajstić information content (AvgIpc) is 1.76. The van der Waals surface area contributed by atoms with E-state index in [0.29, 0.717) is 0 Å². The lowest BCUT2D eigenvalue weighted by Crippen LogP contribution is -2.51. The SMILES string of the molecule is NC(N)=[NH2+].NC(N)=[NH2+].O=C([O-])[O-].OB(O)O. The molecule has 0 aliphatic rings. The molecule has 0 spiro atoms. The Kier molecular flexibility index (Phi) is 27.2. The van der Waals surface area contributed by atoms with E-state index in [0.717, 1.165) is 0 Å². The quantitative estimate of drug-likeness (QED) is 0.110. The Balaban J connectivity index is -0.0000000600. The molecule has 0 aromatic carbocycles. The zero-order valence-electron chi connectivity index (χ0n) is 8.11. The van der Waals surface area contributed by atoms with Gasteiger partial charge in [-0.1, -0.05) is 0 Å². The van der Waals surface area contributed by atoms with Crippen LogP contribution in [0.2, 0.25) is 0 Å². The highest BCUT2D eigenvalue weighted by Gasteiger charge is 1.92. The summed E-state index contributed by atoms with van der Waals surface area (Å²) in [6.07, 6.45) is -2.33. The molecule has 0 bridgehead atoms. The van der Waals surface area contributed by atoms with Gasteiger partial charge < -0.3 is 30.1 Å². The Morgan fingerprint density at radius 3 is 0.938 bits per heavy atom. The molecule has 0 aromatic heterocycles. The van der Waals surface area contributed by atoms with E-state index in [4.69, 9.17) is 30.1 Å². The summed E-state index contributed by atoms with van der Waals surface area (Å²) >= 11 is 0. The van der Waals surface area contributed by atoms with Crippen molar-refractivity contribution in [1.29, 1.82) is 0 Å². The van der Waals surface area contributed by atoms with Gasteiger partial charge in [-0.05, 0) is 6.16 Å². The first-order chi connectivity index (χ1) is 6.93. The van der Waals surface area contributed by atoms with Gasteiger partial charge in [-0.25, -0.2) is 0 Å². The normalized spacial score (nSPS) is 6.19. The van der Waals surface area contributed by atoms with E-state index in [1.54, 1.807) is 0 Å². The number of guanidine groups is 2. The lowest BCUT2D eigenvalue weighted by atomic mass is 10.3. The van der Waals surface area contributed by atoms with E-state index < -0.39 is 13.5 Å². The Labute approximate surface area is 90.3 Å². The van der Waals surface area contributed by atoms with Crippen LogP contribution in [0.3, 0.4) is 0 Å². The van der Waals surface area contributed by atoms with Crippen LogP contribution in [-0.2, 0) is 0 Å². The Morgan fingerprint density at radius 2 is 0.938 bits per heavy atom. The number of carboxylic acid groups (broad SMARTS) is 2. The lowest BCUT2D eigenvalue weighted by Gasteiger charge is -1.96. The fraction of sp³-hybridized carbons (Fsp3) is 0. The van der Waals surface area contributed by atoms with Crippen LogP contribution in [0.25, 0.3) is 0 Å². The fourth-order valence-electron chi connectivity index (χ4n) is 0. The highest BCUT2D eigenvalue weighted by molar-refractivity contribution is 6.30. The van der Waals surface area contributed by atoms with E-state index in [2.05, 4.69) is 33.8 Å². The van der Waals surface area contributed by atoms with Gasteiger partial charge in [0.15, 0.2) is 0 Å². The second-order valence-corrected chi connectivity index (χ2v) is 1.60. The van der Waals surface area contributed by atoms with Crippen LogP contribution in [0, 0.1) is 0 Å². The molecular weight excluding hydrogens is 227 g/mol. The van der Waals surface area contributed by atoms with Crippen molar-refractivity contribution in [1.82, 2.24) is 0 Å². The summed E-state index contributed by atoms with van der Waals surface area (Å²) in [6.45, 7) is 0. The van der Waals surface area contributed by atoms with Gasteiger partial charge in [-0.15, -0.1) is 0 Å². The third-order valence-corrected chi connectivity index (χ3v) is 0. The molecule has 0 aliphatic heterocycles. The number of carbonyl (C=O) groups excluding carboxylic acids is 1. The van der Waals surface area contributed by atoms with Gasteiger partial charge in [0.25, 0.3) is 0 Å². The van der Waals surface area contributed by atoms with Crippen LogP contribution in [0.15, 0.2) is 0 Å². The third-order valence-electron chi connectivity index (χ3n) is 0. The number of nitrogens with two attached hydrogens (primary N) is 6. The van der Waals surface area contributed by atoms with Crippen LogP contribution in [0.1, 0.15) is 0 Å². The van der Waals surface area contributed by atoms with Crippen molar-refractivity contribution in [3.05, 3.63) is 0 Å². The van der Waals surface area contributed by atoms with Crippen molar-refractivity contribution in [3.63, 3.8) is 0 Å². The zero-order valence-corrected chi connectivity index (χ0v) is 8.11. The predicted octanol–water partition coefficient (Wildman–Crippen LogP) is -10.5. The molecule has 0 radical (unpaired) electrons. The number of hydrogen-bond acceptors (Lipinski definition) is 6. The number of carbonyl (C=O) groups is 1. The first kappa shape index (κ1) is 23.5. The monoisotopic (exact) mass is 242 g/mol. The van der Waals surface area contributed by atoms with E-state index in [1.165, 1.54) is 0 Å². The summed E-state index contributed by atoms with van der Waals surface area (Å²) in [5, 5.41) is 47.3. The predicted molar refractivity (Wildman–Crippen MR) is 48.4 cm³/mol. The van der Waals surface area contributed by atoms with Crippen molar-refractivity contribution in [2.24, 2.45) is 22.9 Å². The van der Waals surface area contributed by atoms with Gasteiger partial charge in [0.2, 0.25) is 0 Å². The minimum atomic E-state index is -2.33. The second kappa shape index (κ2) is 18.5. The molecule has 0 aliphatic carbocycles. The molecule has 13 heteroatoms. The van der Waals surface area contributed by atoms with Gasteiger partial charge >= 0.3 is 19.2 Å². The molecule has 0 saturated heterocycles. The minimum absolute atomic E-state index is 0.0833. The van der Waals surface area contributed by atoms with Crippen LogP contribution >= 0.6 is 0 Å². The van der Waals surface area contributed by atoms with Gasteiger partial charge in [0, 0.05) is 0 Å². The Hall–Kier alpha value is -2.25. The Bertz CT molecular complexity index is 155. The van der Waals surface area contributed by atoms with Crippen LogP contribution in [-0.4, -0.2) is 40.5 Å². The van der Waals surface area contributed by atoms with Gasteiger partial charge in [0.05, 0.1) is 0 Å². The molecule has 0 atom stereocenters. The van der Waals surface area contributed by atoms with Crippen molar-refractivity contribution >= 4 is 25.4 Å². The molecule has 0 fully saturated rings. The third kappa shape index (κ3) is 270. The fourth-order valence-corrected chi connectivity index (χ4v) is 0. The average molecular weight is 242 g/mol. The van der Waals surface area contributed by atoms with Crippen molar-refractivity contribution in [3.8, 4) is 0 Å². The molecule has 0 aromatic rings. The maximum absolute atomic E-state index is 8.33. The number of hydrogen-bond donors (Lipinski definition) is 9. The first-order valence-electron chi connectivity index (χ1n) is 3.12. The molecule has 0 unspecified atom stereocenters. The van der Waals surface area contributed by atoms with Crippen LogP contribution < -0.4 is 44.0 Å². The largest absolute Gasteiger partial charge is 0.652 e. The number of rotatable bonds is 0. The highest BCUT2D eigenvalue weighted by atomic mass is 16.6. The van der Waals surface area contributed by atoms with E-state index >= 15 is 0 Å². The zero-order chi connectivity index (χ0) is 14.3. The van der Waals surface area contributed by atoms with Gasteiger partial charge in [-0.2, -0.15) is 0 Å². The smallest absolute Gasteiger partial charge is 0.631 e. The lowest BCUT2D eigenvalue weighted by molar-refractivity contribution is -0.415. The highest BCUT2D eigenvalue weighted by Crippen LogP contribution is 1.40. The standard InChI is InChI=1S/2CH5N3.CH2O3.BH3O3/c4*2-1(3)4/h2*(H5,2,3,4);(H2,2,3,4);2-4H. The Morgan fingerprint density at radius 1 is 0.938 bits per heavy atom. The van der Waals surface area contributed by atoms with Crippen molar-refractivity contribution < 1.29 is 40.9 Å². The molecule has 0 heterocycles. The molecule has 16 heavy (non-hydrogen) atoms. The minimum Gasteiger partial charge on any atom is -0.652 e. The summed E-state index contributed by atoms with van der Waals surface area (Å²) in [7, 11) is -2.17. The molecule has 12 nitrogen and oxygen atoms in total. The molecule has 0 saturated carbocycles. The molecule has 0 rings (SSSR count). The summed E-state index contributed by atoms with van der Waals surface area (Å²) in [5.41, 5.74) is 18.3. The topological polar surface area (TPSA) is 279 Å². The summed E-state index contributed by atoms with van der Waals surface area (Å²) in [5.74, 6) is -0.167. The van der Waals surface area contributed by atoms with E-state index in [-0.39, 0.29) is 11.9 Å². The second-order valence-electron chi connectivity index (χ2n) is 1.60. The van der Waals surface area contributed by atoms with E-state index in [1.807, 2.05) is 0 Å². The molecule has 96 valence electrons. The maximum atomic E-state index is 8.33. The summed E-state index contributed by atoms with van der Waals surface area (Å²) in [6, 6.07) is 0. The molecule has 15 N–H and O–H groups in total. The van der Waals surface area contributed by atoms with Crippen LogP contribution in [0.4, 0.5) is 4.79 Å². The van der Waals surface area contributed by atoms with Gasteiger partial charge in [-0.3, -0.25) is 33.8 Å². The van der Waals surface area contributed by atoms with Crippen molar-refractivity contribution in [2.75, 3.05) is 0 Å². The van der Waals surface area contributed by atoms with E-state index in [9.17, 15) is 0 Å².